The number of nitrogens with one attached hydrogen (secondary N) is 1. The molecule has 3 rings (SSSR count). The number of primary amides is 1. The zero-order chi connectivity index (χ0) is 20.7. The summed E-state index contributed by atoms with van der Waals surface area (Å²) in [6.07, 6.45) is 3.23. The number of ether oxygens (including phenoxy) is 1. The number of carbonyl (C=O) groups is 2. The first-order valence-electron chi connectivity index (χ1n) is 8.96. The fourth-order valence-electron chi connectivity index (χ4n) is 2.68. The maximum Gasteiger partial charge on any atom is 0.267 e. The SMILES string of the molecule is CC1CCC(C(=O)Nc2ccnc(C(N)=O)c2)O1.CCc1cccc(F)c1F. The summed E-state index contributed by atoms with van der Waals surface area (Å²) in [5, 5.41) is 2.69. The molecule has 1 aromatic carbocycles. The quantitative estimate of drug-likeness (QED) is 0.837. The van der Waals surface area contributed by atoms with E-state index < -0.39 is 23.6 Å². The van der Waals surface area contributed by atoms with Crippen LogP contribution in [0.25, 0.3) is 0 Å². The van der Waals surface area contributed by atoms with Gasteiger partial charge in [0.1, 0.15) is 11.8 Å². The standard InChI is InChI=1S/C12H15N3O3.C8H8F2/c1-7-2-3-10(18-7)12(17)15-8-4-5-14-9(6-8)11(13)16;1-2-6-4-3-5-7(9)8(6)10/h4-7,10H,2-3H2,1H3,(H2,13,16)(H,14,15,17);3-5H,2H2,1H3. The number of nitrogens with two attached hydrogens (primary N) is 1. The number of anilines is 1. The second-order valence-electron chi connectivity index (χ2n) is 6.36. The van der Waals surface area contributed by atoms with Crippen LogP contribution in [-0.2, 0) is 16.0 Å². The van der Waals surface area contributed by atoms with Gasteiger partial charge in [0.05, 0.1) is 6.10 Å². The lowest BCUT2D eigenvalue weighted by molar-refractivity contribution is -0.126. The molecule has 1 aliphatic heterocycles. The van der Waals surface area contributed by atoms with Crippen LogP contribution in [0.15, 0.2) is 36.5 Å². The minimum Gasteiger partial charge on any atom is -0.365 e. The number of halogens is 2. The smallest absolute Gasteiger partial charge is 0.267 e. The molecule has 2 aromatic rings. The van der Waals surface area contributed by atoms with Gasteiger partial charge >= 0.3 is 0 Å². The summed E-state index contributed by atoms with van der Waals surface area (Å²) in [4.78, 5) is 26.6. The molecule has 0 saturated carbocycles. The molecule has 0 spiro atoms. The van der Waals surface area contributed by atoms with Gasteiger partial charge in [-0.05, 0) is 49.9 Å². The number of pyridine rings is 1. The van der Waals surface area contributed by atoms with Gasteiger partial charge in [-0.3, -0.25) is 14.6 Å². The van der Waals surface area contributed by atoms with Gasteiger partial charge in [0, 0.05) is 11.9 Å². The van der Waals surface area contributed by atoms with Crippen molar-refractivity contribution in [2.75, 3.05) is 5.32 Å². The van der Waals surface area contributed by atoms with Crippen molar-refractivity contribution in [1.82, 2.24) is 4.98 Å². The molecule has 2 heterocycles. The third kappa shape index (κ3) is 5.82. The normalized spacial score (nSPS) is 18.1. The number of carbonyl (C=O) groups excluding carboxylic acids is 2. The molecular formula is C20H23F2N3O3. The topological polar surface area (TPSA) is 94.3 Å². The van der Waals surface area contributed by atoms with Gasteiger partial charge in [-0.25, -0.2) is 8.78 Å². The predicted molar refractivity (Wildman–Crippen MR) is 101 cm³/mol. The zero-order valence-electron chi connectivity index (χ0n) is 15.7. The van der Waals surface area contributed by atoms with E-state index in [4.69, 9.17) is 10.5 Å². The summed E-state index contributed by atoms with van der Waals surface area (Å²) < 4.78 is 30.5. The fraction of sp³-hybridized carbons (Fsp3) is 0.350. The van der Waals surface area contributed by atoms with Gasteiger partial charge in [-0.15, -0.1) is 0 Å². The summed E-state index contributed by atoms with van der Waals surface area (Å²) in [5.41, 5.74) is 6.16. The molecule has 1 aromatic heterocycles. The molecule has 1 aliphatic rings. The van der Waals surface area contributed by atoms with Crippen molar-refractivity contribution in [3.05, 3.63) is 59.4 Å². The van der Waals surface area contributed by atoms with Crippen LogP contribution in [0, 0.1) is 11.6 Å². The van der Waals surface area contributed by atoms with Gasteiger partial charge in [-0.2, -0.15) is 0 Å². The number of aromatic nitrogens is 1. The number of rotatable bonds is 4. The highest BCUT2D eigenvalue weighted by molar-refractivity contribution is 5.96. The average molecular weight is 391 g/mol. The van der Waals surface area contributed by atoms with E-state index in [1.54, 1.807) is 19.1 Å². The summed E-state index contributed by atoms with van der Waals surface area (Å²) in [5.74, 6) is -2.32. The van der Waals surface area contributed by atoms with Gasteiger partial charge in [0.15, 0.2) is 11.6 Å². The maximum absolute atomic E-state index is 12.6. The van der Waals surface area contributed by atoms with Crippen molar-refractivity contribution in [3.63, 3.8) is 0 Å². The molecule has 2 atom stereocenters. The van der Waals surface area contributed by atoms with Crippen molar-refractivity contribution in [1.29, 1.82) is 0 Å². The number of benzene rings is 1. The number of hydrogen-bond acceptors (Lipinski definition) is 4. The molecular weight excluding hydrogens is 368 g/mol. The van der Waals surface area contributed by atoms with Crippen LogP contribution < -0.4 is 11.1 Å². The van der Waals surface area contributed by atoms with Crippen LogP contribution in [0.1, 0.15) is 42.7 Å². The molecule has 28 heavy (non-hydrogen) atoms. The lowest BCUT2D eigenvalue weighted by Crippen LogP contribution is -2.28. The largest absolute Gasteiger partial charge is 0.365 e. The minimum absolute atomic E-state index is 0.111. The molecule has 8 heteroatoms. The van der Waals surface area contributed by atoms with Crippen LogP contribution in [-0.4, -0.2) is 29.0 Å². The monoisotopic (exact) mass is 391 g/mol. The first-order valence-corrected chi connectivity index (χ1v) is 8.96. The van der Waals surface area contributed by atoms with E-state index >= 15 is 0 Å². The first kappa shape index (κ1) is 21.4. The van der Waals surface area contributed by atoms with Crippen molar-refractivity contribution >= 4 is 17.5 Å². The number of hydrogen-bond donors (Lipinski definition) is 2. The molecule has 0 radical (unpaired) electrons. The van der Waals surface area contributed by atoms with Crippen molar-refractivity contribution < 1.29 is 23.1 Å². The molecule has 150 valence electrons. The third-order valence-electron chi connectivity index (χ3n) is 4.22. The Morgan fingerprint density at radius 3 is 2.61 bits per heavy atom. The summed E-state index contributed by atoms with van der Waals surface area (Å²) >= 11 is 0. The highest BCUT2D eigenvalue weighted by Gasteiger charge is 2.28. The Morgan fingerprint density at radius 2 is 2.04 bits per heavy atom. The second kappa shape index (κ2) is 9.89. The summed E-state index contributed by atoms with van der Waals surface area (Å²) in [7, 11) is 0. The van der Waals surface area contributed by atoms with E-state index in [9.17, 15) is 18.4 Å². The van der Waals surface area contributed by atoms with E-state index in [1.165, 1.54) is 18.3 Å². The Morgan fingerprint density at radius 1 is 1.29 bits per heavy atom. The zero-order valence-corrected chi connectivity index (χ0v) is 15.7. The average Bonchev–Trinajstić information content (AvgIpc) is 3.11. The Balaban J connectivity index is 0.000000237. The number of amides is 2. The lowest BCUT2D eigenvalue weighted by atomic mass is 10.1. The minimum atomic E-state index is -0.764. The van der Waals surface area contributed by atoms with E-state index in [1.807, 2.05) is 6.92 Å². The first-order chi connectivity index (χ1) is 13.3. The predicted octanol–water partition coefficient (Wildman–Crippen LogP) is 3.21. The van der Waals surface area contributed by atoms with Crippen LogP contribution in [0.4, 0.5) is 14.5 Å². The van der Waals surface area contributed by atoms with Crippen LogP contribution >= 0.6 is 0 Å². The third-order valence-corrected chi connectivity index (χ3v) is 4.22. The van der Waals surface area contributed by atoms with E-state index in [0.29, 0.717) is 24.1 Å². The number of aryl methyl sites for hydroxylation is 1. The Hall–Kier alpha value is -2.87. The van der Waals surface area contributed by atoms with E-state index in [0.717, 1.165) is 12.5 Å². The number of nitrogens with zero attached hydrogens (tertiary/aromatic N) is 1. The summed E-state index contributed by atoms with van der Waals surface area (Å²) in [6.45, 7) is 3.72. The fourth-order valence-corrected chi connectivity index (χ4v) is 2.68. The molecule has 2 unspecified atom stereocenters. The van der Waals surface area contributed by atoms with Crippen LogP contribution in [0.5, 0.6) is 0 Å². The van der Waals surface area contributed by atoms with Gasteiger partial charge < -0.3 is 15.8 Å². The second-order valence-corrected chi connectivity index (χ2v) is 6.36. The molecule has 3 N–H and O–H groups in total. The van der Waals surface area contributed by atoms with Crippen molar-refractivity contribution in [3.8, 4) is 0 Å². The van der Waals surface area contributed by atoms with E-state index in [-0.39, 0.29) is 17.7 Å². The van der Waals surface area contributed by atoms with Gasteiger partial charge in [0.2, 0.25) is 0 Å². The molecule has 6 nitrogen and oxygen atoms in total. The van der Waals surface area contributed by atoms with Crippen LogP contribution in [0.2, 0.25) is 0 Å². The maximum atomic E-state index is 12.6. The Bertz CT molecular complexity index is 845. The molecule has 1 fully saturated rings. The molecule has 0 aliphatic carbocycles. The molecule has 2 amide bonds. The van der Waals surface area contributed by atoms with Crippen molar-refractivity contribution in [2.24, 2.45) is 5.73 Å². The van der Waals surface area contributed by atoms with E-state index in [2.05, 4.69) is 10.3 Å². The Kier molecular flexibility index (Phi) is 7.57. The highest BCUT2D eigenvalue weighted by atomic mass is 19.2. The van der Waals surface area contributed by atoms with Gasteiger partial charge in [-0.1, -0.05) is 19.1 Å². The Labute approximate surface area is 162 Å². The van der Waals surface area contributed by atoms with Crippen molar-refractivity contribution in [2.45, 2.75) is 45.3 Å². The summed E-state index contributed by atoms with van der Waals surface area (Å²) in [6, 6.07) is 7.26. The molecule has 0 bridgehead atoms. The highest BCUT2D eigenvalue weighted by Crippen LogP contribution is 2.20. The lowest BCUT2D eigenvalue weighted by Gasteiger charge is -2.11. The molecule has 1 saturated heterocycles. The van der Waals surface area contributed by atoms with Crippen LogP contribution in [0.3, 0.4) is 0 Å². The van der Waals surface area contributed by atoms with Gasteiger partial charge in [0.25, 0.3) is 11.8 Å².